The number of benzene rings is 2. The lowest BCUT2D eigenvalue weighted by Crippen LogP contribution is -2.29. The highest BCUT2D eigenvalue weighted by Crippen LogP contribution is 2.31. The van der Waals surface area contributed by atoms with Crippen molar-refractivity contribution < 1.29 is 22.8 Å². The van der Waals surface area contributed by atoms with Gasteiger partial charge in [0, 0.05) is 25.2 Å². The second-order valence-corrected chi connectivity index (χ2v) is 7.10. The molecule has 1 N–H and O–H groups in total. The molecule has 2 aromatic carbocycles. The van der Waals surface area contributed by atoms with Gasteiger partial charge in [0.25, 0.3) is 0 Å². The number of halogens is 3. The number of carbonyl (C=O) groups excluding carboxylic acids is 2. The number of hydrogen-bond donors (Lipinski definition) is 1. The molecule has 1 aliphatic rings. The van der Waals surface area contributed by atoms with E-state index in [2.05, 4.69) is 10.3 Å². The summed E-state index contributed by atoms with van der Waals surface area (Å²) < 4.78 is 41.0. The number of carbonyl (C=O) groups is 2. The van der Waals surface area contributed by atoms with E-state index >= 15 is 0 Å². The Labute approximate surface area is 170 Å². The van der Waals surface area contributed by atoms with E-state index in [1.807, 2.05) is 6.07 Å². The fourth-order valence-corrected chi connectivity index (χ4v) is 3.61. The number of para-hydroxylation sites is 2. The molecular weight excluding hydrogens is 397 g/mol. The molecule has 0 spiro atoms. The van der Waals surface area contributed by atoms with Gasteiger partial charge in [-0.05, 0) is 36.2 Å². The van der Waals surface area contributed by atoms with Crippen LogP contribution in [0.5, 0.6) is 0 Å². The maximum absolute atomic E-state index is 13.4. The van der Waals surface area contributed by atoms with Gasteiger partial charge in [-0.2, -0.15) is 13.2 Å². The van der Waals surface area contributed by atoms with E-state index in [0.29, 0.717) is 13.0 Å². The second kappa shape index (κ2) is 7.81. The van der Waals surface area contributed by atoms with Crippen molar-refractivity contribution in [3.63, 3.8) is 0 Å². The molecule has 0 saturated carbocycles. The molecule has 0 atom stereocenters. The highest BCUT2D eigenvalue weighted by atomic mass is 19.4. The number of imidazole rings is 1. The third-order valence-corrected chi connectivity index (χ3v) is 5.00. The largest absolute Gasteiger partial charge is 0.449 e. The predicted octanol–water partition coefficient (Wildman–Crippen LogP) is 3.50. The summed E-state index contributed by atoms with van der Waals surface area (Å²) in [6.07, 6.45) is -3.35. The average molecular weight is 416 g/mol. The third-order valence-electron chi connectivity index (χ3n) is 5.00. The molecule has 9 heteroatoms. The Hall–Kier alpha value is -3.36. The number of alkyl halides is 3. The molecule has 2 amide bonds. The highest BCUT2D eigenvalue weighted by molar-refractivity contribution is 5.95. The van der Waals surface area contributed by atoms with Crippen LogP contribution in [0.15, 0.2) is 48.5 Å². The molecule has 1 fully saturated rings. The molecule has 1 aromatic heterocycles. The monoisotopic (exact) mass is 416 g/mol. The van der Waals surface area contributed by atoms with Crippen molar-refractivity contribution in [3.8, 4) is 0 Å². The molecule has 1 saturated heterocycles. The van der Waals surface area contributed by atoms with E-state index in [0.717, 1.165) is 22.2 Å². The number of hydrogen-bond acceptors (Lipinski definition) is 3. The summed E-state index contributed by atoms with van der Waals surface area (Å²) in [6.45, 7) is 0.297. The van der Waals surface area contributed by atoms with Crippen LogP contribution in [-0.2, 0) is 28.9 Å². The Morgan fingerprint density at radius 1 is 1.13 bits per heavy atom. The number of amides is 2. The molecule has 156 valence electrons. The zero-order valence-corrected chi connectivity index (χ0v) is 15.9. The number of aromatic nitrogens is 2. The molecule has 0 unspecified atom stereocenters. The molecule has 4 rings (SSSR count). The summed E-state index contributed by atoms with van der Waals surface area (Å²) >= 11 is 0. The fraction of sp³-hybridized carbons (Fsp3) is 0.286. The Bertz CT molecular complexity index is 1110. The van der Waals surface area contributed by atoms with Crippen LogP contribution >= 0.6 is 0 Å². The van der Waals surface area contributed by atoms with Gasteiger partial charge in [0.15, 0.2) is 0 Å². The summed E-state index contributed by atoms with van der Waals surface area (Å²) in [6, 6.07) is 13.4. The van der Waals surface area contributed by atoms with Crippen LogP contribution in [0.4, 0.5) is 18.9 Å². The number of anilines is 1. The SMILES string of the molecule is O=C(Cn1c(C(F)(F)F)nc2ccccc21)NCc1cccc(N2CCCC2=O)c1. The lowest BCUT2D eigenvalue weighted by molar-refractivity contribution is -0.147. The molecule has 6 nitrogen and oxygen atoms in total. The summed E-state index contributed by atoms with van der Waals surface area (Å²) in [5.74, 6) is -1.61. The minimum Gasteiger partial charge on any atom is -0.350 e. The van der Waals surface area contributed by atoms with Crippen LogP contribution in [0.25, 0.3) is 11.0 Å². The summed E-state index contributed by atoms with van der Waals surface area (Å²) in [7, 11) is 0. The Morgan fingerprint density at radius 2 is 1.93 bits per heavy atom. The predicted molar refractivity (Wildman–Crippen MR) is 105 cm³/mol. The summed E-state index contributed by atoms with van der Waals surface area (Å²) in [5.41, 5.74) is 1.94. The van der Waals surface area contributed by atoms with E-state index in [9.17, 15) is 22.8 Å². The normalized spacial score (nSPS) is 14.5. The average Bonchev–Trinajstić information content (AvgIpc) is 3.30. The Morgan fingerprint density at radius 3 is 2.67 bits per heavy atom. The molecule has 30 heavy (non-hydrogen) atoms. The second-order valence-electron chi connectivity index (χ2n) is 7.10. The molecule has 3 aromatic rings. The van der Waals surface area contributed by atoms with Crippen molar-refractivity contribution >= 4 is 28.5 Å². The van der Waals surface area contributed by atoms with Crippen molar-refractivity contribution in [2.45, 2.75) is 32.1 Å². The lowest BCUT2D eigenvalue weighted by atomic mass is 10.2. The van der Waals surface area contributed by atoms with Gasteiger partial charge < -0.3 is 14.8 Å². The minimum atomic E-state index is -4.67. The number of nitrogens with one attached hydrogen (secondary N) is 1. The van der Waals surface area contributed by atoms with Crippen LogP contribution < -0.4 is 10.2 Å². The van der Waals surface area contributed by atoms with Crippen LogP contribution in [0.2, 0.25) is 0 Å². The topological polar surface area (TPSA) is 67.2 Å². The van der Waals surface area contributed by atoms with Crippen molar-refractivity contribution in [1.82, 2.24) is 14.9 Å². The van der Waals surface area contributed by atoms with E-state index in [1.54, 1.807) is 35.2 Å². The van der Waals surface area contributed by atoms with E-state index in [1.165, 1.54) is 12.1 Å². The first-order valence-corrected chi connectivity index (χ1v) is 9.51. The molecule has 1 aliphatic heterocycles. The zero-order chi connectivity index (χ0) is 21.3. The molecule has 2 heterocycles. The van der Waals surface area contributed by atoms with Gasteiger partial charge in [-0.1, -0.05) is 24.3 Å². The Balaban J connectivity index is 1.48. The van der Waals surface area contributed by atoms with E-state index < -0.39 is 24.5 Å². The third kappa shape index (κ3) is 4.00. The highest BCUT2D eigenvalue weighted by Gasteiger charge is 2.38. The van der Waals surface area contributed by atoms with Crippen molar-refractivity contribution in [2.24, 2.45) is 0 Å². The van der Waals surface area contributed by atoms with Gasteiger partial charge in [-0.25, -0.2) is 4.98 Å². The molecule has 0 radical (unpaired) electrons. The molecule has 0 bridgehead atoms. The Kier molecular flexibility index (Phi) is 5.19. The minimum absolute atomic E-state index is 0.0582. The fourth-order valence-electron chi connectivity index (χ4n) is 3.61. The van der Waals surface area contributed by atoms with Gasteiger partial charge in [-0.3, -0.25) is 9.59 Å². The van der Waals surface area contributed by atoms with Crippen LogP contribution in [-0.4, -0.2) is 27.9 Å². The van der Waals surface area contributed by atoms with Crippen LogP contribution in [0.1, 0.15) is 24.2 Å². The number of nitrogens with zero attached hydrogens (tertiary/aromatic N) is 3. The quantitative estimate of drug-likeness (QED) is 0.692. The maximum atomic E-state index is 13.4. The van der Waals surface area contributed by atoms with Gasteiger partial charge in [0.05, 0.1) is 11.0 Å². The molecular formula is C21H19F3N4O2. The van der Waals surface area contributed by atoms with E-state index in [4.69, 9.17) is 0 Å². The van der Waals surface area contributed by atoms with Gasteiger partial charge in [0.1, 0.15) is 6.54 Å². The summed E-state index contributed by atoms with van der Waals surface area (Å²) in [4.78, 5) is 29.6. The number of fused-ring (bicyclic) bond motifs is 1. The van der Waals surface area contributed by atoms with Crippen molar-refractivity contribution in [2.75, 3.05) is 11.4 Å². The standard InChI is InChI=1S/C21H19F3N4O2/c22-21(23,24)20-26-16-7-1-2-8-17(16)28(20)13-18(29)25-12-14-5-3-6-15(11-14)27-10-4-9-19(27)30/h1-3,5-8,11H,4,9-10,12-13H2,(H,25,29). The number of rotatable bonds is 5. The van der Waals surface area contributed by atoms with Gasteiger partial charge >= 0.3 is 6.18 Å². The van der Waals surface area contributed by atoms with Gasteiger partial charge in [-0.15, -0.1) is 0 Å². The van der Waals surface area contributed by atoms with E-state index in [-0.39, 0.29) is 23.5 Å². The smallest absolute Gasteiger partial charge is 0.350 e. The summed E-state index contributed by atoms with van der Waals surface area (Å²) in [5, 5.41) is 2.65. The first-order valence-electron chi connectivity index (χ1n) is 9.51. The zero-order valence-electron chi connectivity index (χ0n) is 15.9. The van der Waals surface area contributed by atoms with Crippen molar-refractivity contribution in [3.05, 3.63) is 59.9 Å². The first-order chi connectivity index (χ1) is 14.3. The van der Waals surface area contributed by atoms with Crippen LogP contribution in [0, 0.1) is 0 Å². The van der Waals surface area contributed by atoms with Crippen LogP contribution in [0.3, 0.4) is 0 Å². The molecule has 0 aliphatic carbocycles. The maximum Gasteiger partial charge on any atom is 0.449 e. The lowest BCUT2D eigenvalue weighted by Gasteiger charge is -2.17. The van der Waals surface area contributed by atoms with Gasteiger partial charge in [0.2, 0.25) is 17.6 Å². The van der Waals surface area contributed by atoms with Crippen molar-refractivity contribution in [1.29, 1.82) is 0 Å². The first kappa shape index (κ1) is 19.9.